The summed E-state index contributed by atoms with van der Waals surface area (Å²) in [5.74, 6) is -0.0619. The van der Waals surface area contributed by atoms with Crippen molar-refractivity contribution in [3.05, 3.63) is 41.4 Å². The monoisotopic (exact) mass is 331 g/mol. The molecule has 23 heavy (non-hydrogen) atoms. The van der Waals surface area contributed by atoms with Crippen molar-refractivity contribution in [3.8, 4) is 0 Å². The maximum Gasteiger partial charge on any atom is 0.253 e. The van der Waals surface area contributed by atoms with Crippen molar-refractivity contribution in [2.45, 2.75) is 0 Å². The van der Waals surface area contributed by atoms with Gasteiger partial charge in [0, 0.05) is 31.7 Å². The summed E-state index contributed by atoms with van der Waals surface area (Å²) in [6.45, 7) is 2.91. The van der Waals surface area contributed by atoms with Crippen molar-refractivity contribution in [1.29, 1.82) is 0 Å². The predicted molar refractivity (Wildman–Crippen MR) is 87.3 cm³/mol. The molecule has 0 aliphatic carbocycles. The highest BCUT2D eigenvalue weighted by Gasteiger charge is 2.23. The predicted octanol–water partition coefficient (Wildman–Crippen LogP) is 0.935. The zero-order valence-corrected chi connectivity index (χ0v) is 13.3. The summed E-state index contributed by atoms with van der Waals surface area (Å²) >= 11 is 1.29. The van der Waals surface area contributed by atoms with Gasteiger partial charge in [-0.15, -0.1) is 10.2 Å². The van der Waals surface area contributed by atoms with E-state index in [1.807, 2.05) is 40.1 Å². The van der Waals surface area contributed by atoms with Crippen LogP contribution in [0.5, 0.6) is 0 Å². The number of benzene rings is 1. The maximum absolute atomic E-state index is 12.4. The molecule has 1 aliphatic heterocycles. The minimum Gasteiger partial charge on any atom is -0.336 e. The molecule has 1 N–H and O–H groups in total. The first kappa shape index (κ1) is 15.6. The first-order chi connectivity index (χ1) is 11.2. The van der Waals surface area contributed by atoms with E-state index in [2.05, 4.69) is 15.5 Å². The molecular formula is C15H17N5O2S. The van der Waals surface area contributed by atoms with E-state index in [1.54, 1.807) is 5.51 Å². The van der Waals surface area contributed by atoms with Gasteiger partial charge in [0.05, 0.1) is 6.54 Å². The number of carbonyl (C=O) groups excluding carboxylic acids is 2. The van der Waals surface area contributed by atoms with Gasteiger partial charge in [0.25, 0.3) is 5.91 Å². The van der Waals surface area contributed by atoms with Crippen molar-refractivity contribution in [2.75, 3.05) is 38.0 Å². The molecule has 1 saturated heterocycles. The molecule has 7 nitrogen and oxygen atoms in total. The number of nitrogens with one attached hydrogen (secondary N) is 1. The number of nitrogens with zero attached hydrogens (tertiary/aromatic N) is 4. The van der Waals surface area contributed by atoms with Crippen molar-refractivity contribution in [1.82, 2.24) is 20.0 Å². The molecule has 0 atom stereocenters. The van der Waals surface area contributed by atoms with Crippen LogP contribution in [0.15, 0.2) is 35.8 Å². The number of rotatable bonds is 4. The average molecular weight is 331 g/mol. The average Bonchev–Trinajstić information content (AvgIpc) is 3.08. The third-order valence-corrected chi connectivity index (χ3v) is 4.26. The summed E-state index contributed by atoms with van der Waals surface area (Å²) in [6.07, 6.45) is 0. The zero-order chi connectivity index (χ0) is 16.1. The van der Waals surface area contributed by atoms with Gasteiger partial charge in [0.15, 0.2) is 0 Å². The Hall–Kier alpha value is -2.32. The molecule has 2 heterocycles. The summed E-state index contributed by atoms with van der Waals surface area (Å²) in [5.41, 5.74) is 2.28. The topological polar surface area (TPSA) is 78.4 Å². The van der Waals surface area contributed by atoms with E-state index in [9.17, 15) is 9.59 Å². The van der Waals surface area contributed by atoms with Crippen LogP contribution >= 0.6 is 11.3 Å². The van der Waals surface area contributed by atoms with E-state index in [0.29, 0.717) is 43.4 Å². The SMILES string of the molecule is O=C(CN1CCN(C(=O)c2ccccc2)CC1)Nc1nncs1. The third-order valence-electron chi connectivity index (χ3n) is 3.65. The van der Waals surface area contributed by atoms with Gasteiger partial charge in [-0.25, -0.2) is 0 Å². The molecule has 8 heteroatoms. The Morgan fingerprint density at radius 1 is 1.13 bits per heavy atom. The molecule has 1 aliphatic rings. The maximum atomic E-state index is 12.4. The molecule has 1 aromatic heterocycles. The fourth-order valence-electron chi connectivity index (χ4n) is 2.46. The summed E-state index contributed by atoms with van der Waals surface area (Å²) < 4.78 is 0. The van der Waals surface area contributed by atoms with Gasteiger partial charge in [-0.2, -0.15) is 0 Å². The first-order valence-electron chi connectivity index (χ1n) is 7.35. The lowest BCUT2D eigenvalue weighted by molar-refractivity contribution is -0.117. The molecule has 0 bridgehead atoms. The van der Waals surface area contributed by atoms with E-state index >= 15 is 0 Å². The Labute approximate surface area is 137 Å². The summed E-state index contributed by atoms with van der Waals surface area (Å²) in [5, 5.41) is 10.7. The molecule has 0 radical (unpaired) electrons. The van der Waals surface area contributed by atoms with Gasteiger partial charge < -0.3 is 4.90 Å². The van der Waals surface area contributed by atoms with Gasteiger partial charge in [-0.3, -0.25) is 19.8 Å². The number of carbonyl (C=O) groups is 2. The standard InChI is InChI=1S/C15H17N5O2S/c21-13(17-15-18-16-11-23-15)10-19-6-8-20(9-7-19)14(22)12-4-2-1-3-5-12/h1-5,11H,6-10H2,(H,17,18,21). The molecule has 0 saturated carbocycles. The minimum atomic E-state index is -0.107. The second-order valence-electron chi connectivity index (χ2n) is 5.23. The molecule has 0 spiro atoms. The van der Waals surface area contributed by atoms with Crippen LogP contribution in [0.4, 0.5) is 5.13 Å². The summed E-state index contributed by atoms with van der Waals surface area (Å²) in [6, 6.07) is 9.27. The molecule has 0 unspecified atom stereocenters. The summed E-state index contributed by atoms with van der Waals surface area (Å²) in [4.78, 5) is 28.1. The van der Waals surface area contributed by atoms with E-state index in [0.717, 1.165) is 0 Å². The van der Waals surface area contributed by atoms with Gasteiger partial charge in [0.2, 0.25) is 11.0 Å². The number of anilines is 1. The summed E-state index contributed by atoms with van der Waals surface area (Å²) in [7, 11) is 0. The molecule has 120 valence electrons. The number of piperazine rings is 1. The molecular weight excluding hydrogens is 314 g/mol. The number of amides is 2. The van der Waals surface area contributed by atoms with E-state index in [1.165, 1.54) is 11.3 Å². The highest BCUT2D eigenvalue weighted by Crippen LogP contribution is 2.10. The van der Waals surface area contributed by atoms with Crippen molar-refractivity contribution >= 4 is 28.3 Å². The van der Waals surface area contributed by atoms with Gasteiger partial charge in [0.1, 0.15) is 5.51 Å². The van der Waals surface area contributed by atoms with Gasteiger partial charge >= 0.3 is 0 Å². The first-order valence-corrected chi connectivity index (χ1v) is 8.23. The Kier molecular flexibility index (Phi) is 4.94. The van der Waals surface area contributed by atoms with Gasteiger partial charge in [-0.05, 0) is 12.1 Å². The minimum absolute atomic E-state index is 0.0450. The molecule has 3 rings (SSSR count). The van der Waals surface area contributed by atoms with Crippen molar-refractivity contribution < 1.29 is 9.59 Å². The second kappa shape index (κ2) is 7.30. The Morgan fingerprint density at radius 2 is 1.87 bits per heavy atom. The highest BCUT2D eigenvalue weighted by atomic mass is 32.1. The largest absolute Gasteiger partial charge is 0.336 e. The van der Waals surface area contributed by atoms with Crippen LogP contribution in [0.2, 0.25) is 0 Å². The highest BCUT2D eigenvalue weighted by molar-refractivity contribution is 7.13. The molecule has 1 fully saturated rings. The Bertz CT molecular complexity index is 654. The number of hydrogen-bond acceptors (Lipinski definition) is 6. The molecule has 2 aromatic rings. The Balaban J connectivity index is 1.47. The van der Waals surface area contributed by atoms with E-state index in [-0.39, 0.29) is 11.8 Å². The lowest BCUT2D eigenvalue weighted by Crippen LogP contribution is -2.50. The number of aromatic nitrogens is 2. The van der Waals surface area contributed by atoms with Crippen LogP contribution < -0.4 is 5.32 Å². The molecule has 2 amide bonds. The van der Waals surface area contributed by atoms with Crippen LogP contribution in [0.1, 0.15) is 10.4 Å². The van der Waals surface area contributed by atoms with Crippen LogP contribution in [-0.2, 0) is 4.79 Å². The van der Waals surface area contributed by atoms with E-state index in [4.69, 9.17) is 0 Å². The fraction of sp³-hybridized carbons (Fsp3) is 0.333. The lowest BCUT2D eigenvalue weighted by atomic mass is 10.2. The normalized spacial score (nSPS) is 15.4. The van der Waals surface area contributed by atoms with Crippen LogP contribution in [0.25, 0.3) is 0 Å². The van der Waals surface area contributed by atoms with Crippen LogP contribution in [-0.4, -0.2) is 64.5 Å². The van der Waals surface area contributed by atoms with Crippen molar-refractivity contribution in [3.63, 3.8) is 0 Å². The van der Waals surface area contributed by atoms with Crippen molar-refractivity contribution in [2.24, 2.45) is 0 Å². The Morgan fingerprint density at radius 3 is 2.52 bits per heavy atom. The second-order valence-corrected chi connectivity index (χ2v) is 6.06. The van der Waals surface area contributed by atoms with E-state index < -0.39 is 0 Å². The smallest absolute Gasteiger partial charge is 0.253 e. The quantitative estimate of drug-likeness (QED) is 0.902. The lowest BCUT2D eigenvalue weighted by Gasteiger charge is -2.34. The van der Waals surface area contributed by atoms with Crippen LogP contribution in [0.3, 0.4) is 0 Å². The fourth-order valence-corrected chi connectivity index (χ4v) is 2.92. The van der Waals surface area contributed by atoms with Gasteiger partial charge in [-0.1, -0.05) is 29.5 Å². The zero-order valence-electron chi connectivity index (χ0n) is 12.5. The third kappa shape index (κ3) is 4.11. The molecule has 1 aromatic carbocycles. The number of hydrogen-bond donors (Lipinski definition) is 1. The van der Waals surface area contributed by atoms with Crippen LogP contribution in [0, 0.1) is 0 Å².